The highest BCUT2D eigenvalue weighted by Crippen LogP contribution is 2.41. The maximum absolute atomic E-state index is 10.6. The monoisotopic (exact) mass is 181 g/mol. The first kappa shape index (κ1) is 8.29. The number of oxazole rings is 1. The summed E-state index contributed by atoms with van der Waals surface area (Å²) in [5.41, 5.74) is 0.861. The smallest absolute Gasteiger partial charge is 0.392 e. The second-order valence-corrected chi connectivity index (χ2v) is 3.26. The average molecular weight is 181 g/mol. The van der Waals surface area contributed by atoms with E-state index in [1.165, 1.54) is 0 Å². The normalized spacial score (nSPS) is 16.1. The van der Waals surface area contributed by atoms with Crippen LogP contribution in [0.2, 0.25) is 0 Å². The Labute approximate surface area is 75.6 Å². The van der Waals surface area contributed by atoms with Crippen molar-refractivity contribution in [3.8, 4) is 0 Å². The predicted molar refractivity (Wildman–Crippen MR) is 44.8 cm³/mol. The van der Waals surface area contributed by atoms with Crippen LogP contribution in [0, 0.1) is 0 Å². The van der Waals surface area contributed by atoms with Gasteiger partial charge < -0.3 is 9.52 Å². The summed E-state index contributed by atoms with van der Waals surface area (Å²) in [6.07, 6.45) is 2.93. The molecule has 1 aliphatic rings. The lowest BCUT2D eigenvalue weighted by molar-refractivity contribution is 0.0652. The van der Waals surface area contributed by atoms with Gasteiger partial charge in [0.15, 0.2) is 0 Å². The molecule has 0 amide bonds. The van der Waals surface area contributed by atoms with Crippen LogP contribution in [-0.2, 0) is 6.42 Å². The van der Waals surface area contributed by atoms with E-state index in [0.717, 1.165) is 24.3 Å². The Morgan fingerprint density at radius 1 is 1.69 bits per heavy atom. The third kappa shape index (κ3) is 1.43. The van der Waals surface area contributed by atoms with Crippen molar-refractivity contribution >= 4 is 5.97 Å². The number of aryl methyl sites for hydroxylation is 1. The first-order valence-electron chi connectivity index (χ1n) is 4.45. The van der Waals surface area contributed by atoms with Crippen molar-refractivity contribution in [1.29, 1.82) is 0 Å². The Hall–Kier alpha value is -1.32. The van der Waals surface area contributed by atoms with Gasteiger partial charge in [-0.1, -0.05) is 6.92 Å². The van der Waals surface area contributed by atoms with E-state index in [4.69, 9.17) is 9.52 Å². The van der Waals surface area contributed by atoms with Gasteiger partial charge in [-0.25, -0.2) is 9.78 Å². The summed E-state index contributed by atoms with van der Waals surface area (Å²) in [5, 5.41) is 8.66. The molecule has 1 aromatic heterocycles. The molecule has 4 nitrogen and oxygen atoms in total. The molecule has 1 aromatic rings. The van der Waals surface area contributed by atoms with Crippen molar-refractivity contribution in [2.24, 2.45) is 0 Å². The van der Waals surface area contributed by atoms with Crippen LogP contribution in [0.15, 0.2) is 4.42 Å². The van der Waals surface area contributed by atoms with Gasteiger partial charge in [-0.3, -0.25) is 0 Å². The minimum absolute atomic E-state index is 0.168. The number of aromatic nitrogens is 1. The fourth-order valence-corrected chi connectivity index (χ4v) is 1.38. The quantitative estimate of drug-likeness (QED) is 0.772. The fraction of sp³-hybridized carbons (Fsp3) is 0.556. The molecule has 0 spiro atoms. The Bertz CT molecular complexity index is 339. The topological polar surface area (TPSA) is 63.3 Å². The number of aromatic carboxylic acids is 1. The van der Waals surface area contributed by atoms with Crippen molar-refractivity contribution in [3.05, 3.63) is 17.3 Å². The zero-order valence-corrected chi connectivity index (χ0v) is 7.41. The molecule has 0 bridgehead atoms. The molecule has 0 aromatic carbocycles. The van der Waals surface area contributed by atoms with Gasteiger partial charge in [0.25, 0.3) is 0 Å². The lowest BCUT2D eigenvalue weighted by atomic mass is 10.2. The van der Waals surface area contributed by atoms with E-state index >= 15 is 0 Å². The van der Waals surface area contributed by atoms with Gasteiger partial charge in [0.2, 0.25) is 0 Å². The van der Waals surface area contributed by atoms with Crippen LogP contribution >= 0.6 is 0 Å². The van der Waals surface area contributed by atoms with Gasteiger partial charge in [-0.2, -0.15) is 0 Å². The Morgan fingerprint density at radius 3 is 2.85 bits per heavy atom. The number of carboxylic acid groups (broad SMARTS) is 1. The highest BCUT2D eigenvalue weighted by molar-refractivity contribution is 5.82. The molecular formula is C9H11NO3. The minimum Gasteiger partial charge on any atom is -0.474 e. The molecule has 13 heavy (non-hydrogen) atoms. The molecule has 1 fully saturated rings. The summed E-state index contributed by atoms with van der Waals surface area (Å²) in [4.78, 5) is 14.5. The third-order valence-corrected chi connectivity index (χ3v) is 2.20. The SMILES string of the molecule is CCc1oc(C(=O)O)nc1C1CC1. The maximum Gasteiger partial charge on any atom is 0.392 e. The third-order valence-electron chi connectivity index (χ3n) is 2.20. The van der Waals surface area contributed by atoms with E-state index in [0.29, 0.717) is 12.3 Å². The predicted octanol–water partition coefficient (Wildman–Crippen LogP) is 1.81. The summed E-state index contributed by atoms with van der Waals surface area (Å²) in [7, 11) is 0. The molecule has 4 heteroatoms. The van der Waals surface area contributed by atoms with Gasteiger partial charge in [0.1, 0.15) is 5.76 Å². The van der Waals surface area contributed by atoms with Crippen molar-refractivity contribution in [3.63, 3.8) is 0 Å². The highest BCUT2D eigenvalue weighted by Gasteiger charge is 2.31. The molecule has 0 aliphatic heterocycles. The van der Waals surface area contributed by atoms with Gasteiger partial charge in [-0.15, -0.1) is 0 Å². The van der Waals surface area contributed by atoms with E-state index in [1.807, 2.05) is 6.92 Å². The molecule has 0 radical (unpaired) electrons. The lowest BCUT2D eigenvalue weighted by Gasteiger charge is -1.91. The van der Waals surface area contributed by atoms with Crippen LogP contribution < -0.4 is 0 Å². The largest absolute Gasteiger partial charge is 0.474 e. The molecule has 1 saturated carbocycles. The summed E-state index contributed by atoms with van der Waals surface area (Å²) in [6, 6.07) is 0. The number of hydrogen-bond donors (Lipinski definition) is 1. The number of hydrogen-bond acceptors (Lipinski definition) is 3. The Kier molecular flexibility index (Phi) is 1.83. The van der Waals surface area contributed by atoms with Crippen LogP contribution in [0.25, 0.3) is 0 Å². The summed E-state index contributed by atoms with van der Waals surface area (Å²) in [6.45, 7) is 1.94. The minimum atomic E-state index is -1.08. The van der Waals surface area contributed by atoms with Crippen molar-refractivity contribution in [2.45, 2.75) is 32.1 Å². The van der Waals surface area contributed by atoms with Crippen molar-refractivity contribution in [1.82, 2.24) is 4.98 Å². The van der Waals surface area contributed by atoms with E-state index in [2.05, 4.69) is 4.98 Å². The number of nitrogens with zero attached hydrogens (tertiary/aromatic N) is 1. The average Bonchev–Trinajstić information content (AvgIpc) is 2.84. The fourth-order valence-electron chi connectivity index (χ4n) is 1.38. The molecule has 1 N–H and O–H groups in total. The van der Waals surface area contributed by atoms with Gasteiger partial charge in [0.05, 0.1) is 5.69 Å². The van der Waals surface area contributed by atoms with Gasteiger partial charge >= 0.3 is 11.9 Å². The molecule has 2 rings (SSSR count). The number of carbonyl (C=O) groups is 1. The van der Waals surface area contributed by atoms with Gasteiger partial charge in [0, 0.05) is 12.3 Å². The second kappa shape index (κ2) is 2.87. The first-order valence-corrected chi connectivity index (χ1v) is 4.45. The van der Waals surface area contributed by atoms with Crippen LogP contribution in [0.3, 0.4) is 0 Å². The summed E-state index contributed by atoms with van der Waals surface area (Å²) >= 11 is 0. The zero-order valence-electron chi connectivity index (χ0n) is 7.41. The zero-order chi connectivity index (χ0) is 9.42. The molecule has 0 saturated heterocycles. The summed E-state index contributed by atoms with van der Waals surface area (Å²) in [5.74, 6) is -0.0629. The molecule has 1 heterocycles. The van der Waals surface area contributed by atoms with Crippen LogP contribution in [-0.4, -0.2) is 16.1 Å². The van der Waals surface area contributed by atoms with E-state index in [-0.39, 0.29) is 5.89 Å². The van der Waals surface area contributed by atoms with E-state index in [9.17, 15) is 4.79 Å². The standard InChI is InChI=1S/C9H11NO3/c1-2-6-7(5-3-4-5)10-8(13-6)9(11)12/h5H,2-4H2,1H3,(H,11,12). The Morgan fingerprint density at radius 2 is 2.38 bits per heavy atom. The van der Waals surface area contributed by atoms with Crippen LogP contribution in [0.5, 0.6) is 0 Å². The van der Waals surface area contributed by atoms with E-state index in [1.54, 1.807) is 0 Å². The maximum atomic E-state index is 10.6. The van der Waals surface area contributed by atoms with Crippen molar-refractivity contribution in [2.75, 3.05) is 0 Å². The molecular weight excluding hydrogens is 170 g/mol. The molecule has 0 unspecified atom stereocenters. The highest BCUT2D eigenvalue weighted by atomic mass is 16.4. The van der Waals surface area contributed by atoms with E-state index < -0.39 is 5.97 Å². The lowest BCUT2D eigenvalue weighted by Crippen LogP contribution is -1.95. The Balaban J connectivity index is 2.36. The number of carboxylic acids is 1. The van der Waals surface area contributed by atoms with Gasteiger partial charge in [-0.05, 0) is 12.8 Å². The second-order valence-electron chi connectivity index (χ2n) is 3.26. The van der Waals surface area contributed by atoms with Crippen LogP contribution in [0.1, 0.15) is 47.8 Å². The van der Waals surface area contributed by atoms with Crippen molar-refractivity contribution < 1.29 is 14.3 Å². The number of rotatable bonds is 3. The van der Waals surface area contributed by atoms with Crippen LogP contribution in [0.4, 0.5) is 0 Å². The summed E-state index contributed by atoms with van der Waals surface area (Å²) < 4.78 is 5.12. The molecule has 70 valence electrons. The first-order chi connectivity index (χ1) is 6.22. The molecule has 0 atom stereocenters. The molecule has 1 aliphatic carbocycles.